The van der Waals surface area contributed by atoms with Crippen molar-refractivity contribution in [3.05, 3.63) is 11.7 Å². The Morgan fingerprint density at radius 1 is 1.43 bits per heavy atom. The first kappa shape index (κ1) is 14.0. The van der Waals surface area contributed by atoms with Crippen LogP contribution in [0.4, 0.5) is 0 Å². The number of fused-ring (bicyclic) bond motifs is 1. The van der Waals surface area contributed by atoms with Crippen molar-refractivity contribution in [2.45, 2.75) is 44.8 Å². The molecule has 8 nitrogen and oxygen atoms in total. The molecule has 0 spiro atoms. The van der Waals surface area contributed by atoms with E-state index in [-0.39, 0.29) is 30.9 Å². The van der Waals surface area contributed by atoms with Crippen LogP contribution in [0.25, 0.3) is 0 Å². The van der Waals surface area contributed by atoms with Crippen molar-refractivity contribution in [3.8, 4) is 0 Å². The lowest BCUT2D eigenvalue weighted by atomic mass is 10.1. The molecule has 2 N–H and O–H groups in total. The molecule has 8 heteroatoms. The molecule has 114 valence electrons. The van der Waals surface area contributed by atoms with E-state index in [4.69, 9.17) is 10.3 Å². The topological polar surface area (TPSA) is 106 Å². The minimum atomic E-state index is -0.703. The molecule has 2 saturated heterocycles. The second-order valence-corrected chi connectivity index (χ2v) is 6.17. The van der Waals surface area contributed by atoms with Gasteiger partial charge in [0.15, 0.2) is 5.82 Å². The molecule has 0 saturated carbocycles. The molecule has 1 unspecified atom stereocenters. The van der Waals surface area contributed by atoms with Crippen LogP contribution in [-0.4, -0.2) is 50.9 Å². The van der Waals surface area contributed by atoms with Gasteiger partial charge in [-0.15, -0.1) is 0 Å². The highest BCUT2D eigenvalue weighted by Gasteiger charge is 2.42. The Morgan fingerprint density at radius 3 is 2.86 bits per heavy atom. The van der Waals surface area contributed by atoms with Gasteiger partial charge in [-0.3, -0.25) is 9.59 Å². The van der Waals surface area contributed by atoms with Gasteiger partial charge in [0, 0.05) is 6.54 Å². The van der Waals surface area contributed by atoms with Crippen LogP contribution in [0.3, 0.4) is 0 Å². The smallest absolute Gasteiger partial charge is 0.246 e. The van der Waals surface area contributed by atoms with Gasteiger partial charge < -0.3 is 20.1 Å². The number of amides is 2. The first-order valence-corrected chi connectivity index (χ1v) is 7.06. The highest BCUT2D eigenvalue weighted by Crippen LogP contribution is 2.24. The molecule has 2 amide bonds. The zero-order valence-corrected chi connectivity index (χ0v) is 12.2. The lowest BCUT2D eigenvalue weighted by Crippen LogP contribution is -2.56. The number of nitrogens with two attached hydrogens (primary N) is 1. The van der Waals surface area contributed by atoms with E-state index >= 15 is 0 Å². The van der Waals surface area contributed by atoms with Crippen molar-refractivity contribution in [1.82, 2.24) is 19.9 Å². The van der Waals surface area contributed by atoms with E-state index in [1.54, 1.807) is 18.7 Å². The van der Waals surface area contributed by atoms with E-state index in [9.17, 15) is 9.59 Å². The third-order valence-electron chi connectivity index (χ3n) is 3.87. The molecule has 1 atom stereocenters. The number of carbonyl (C=O) groups is 2. The molecule has 0 aromatic carbocycles. The van der Waals surface area contributed by atoms with Gasteiger partial charge >= 0.3 is 0 Å². The van der Waals surface area contributed by atoms with E-state index in [1.165, 1.54) is 4.90 Å². The summed E-state index contributed by atoms with van der Waals surface area (Å²) in [4.78, 5) is 31.8. The third kappa shape index (κ3) is 2.51. The van der Waals surface area contributed by atoms with Crippen molar-refractivity contribution < 1.29 is 14.1 Å². The maximum absolute atomic E-state index is 12.4. The summed E-state index contributed by atoms with van der Waals surface area (Å²) in [5, 5.41) is 3.82. The molecule has 0 bridgehead atoms. The van der Waals surface area contributed by atoms with E-state index in [0.717, 1.165) is 12.8 Å². The molecule has 21 heavy (non-hydrogen) atoms. The molecule has 1 aromatic rings. The largest absolute Gasteiger partial charge is 0.337 e. The molecular formula is C13H19N5O3. The van der Waals surface area contributed by atoms with Gasteiger partial charge in [-0.25, -0.2) is 0 Å². The molecule has 2 aliphatic rings. The minimum Gasteiger partial charge on any atom is -0.337 e. The van der Waals surface area contributed by atoms with E-state index in [2.05, 4.69) is 10.1 Å². The van der Waals surface area contributed by atoms with Crippen molar-refractivity contribution in [2.75, 3.05) is 13.1 Å². The van der Waals surface area contributed by atoms with Crippen LogP contribution < -0.4 is 5.73 Å². The van der Waals surface area contributed by atoms with Crippen LogP contribution >= 0.6 is 0 Å². The predicted molar refractivity (Wildman–Crippen MR) is 71.7 cm³/mol. The molecule has 0 aliphatic carbocycles. The molecule has 0 radical (unpaired) electrons. The Kier molecular flexibility index (Phi) is 3.20. The number of carbonyl (C=O) groups excluding carboxylic acids is 2. The average molecular weight is 293 g/mol. The SMILES string of the molecule is CC(C)(N)c1noc(CN2CC(=O)N3CCCC3C2=O)n1. The monoisotopic (exact) mass is 293 g/mol. The van der Waals surface area contributed by atoms with Crippen LogP contribution in [0, 0.1) is 0 Å². The standard InChI is InChI=1S/C13H19N5O3/c1-13(2,14)12-15-9(21-16-12)6-17-7-10(19)18-5-3-4-8(18)11(17)20/h8H,3-7,14H2,1-2H3. The fraction of sp³-hybridized carbons (Fsp3) is 0.692. The van der Waals surface area contributed by atoms with E-state index in [0.29, 0.717) is 18.3 Å². The Bertz CT molecular complexity index is 577. The zero-order valence-electron chi connectivity index (χ0n) is 12.2. The Morgan fingerprint density at radius 2 is 2.19 bits per heavy atom. The predicted octanol–water partition coefficient (Wildman–Crippen LogP) is -0.403. The summed E-state index contributed by atoms with van der Waals surface area (Å²) in [5.74, 6) is 0.627. The lowest BCUT2D eigenvalue weighted by Gasteiger charge is -2.35. The van der Waals surface area contributed by atoms with Gasteiger partial charge in [-0.1, -0.05) is 5.16 Å². The van der Waals surface area contributed by atoms with Crippen molar-refractivity contribution in [1.29, 1.82) is 0 Å². The molecular weight excluding hydrogens is 274 g/mol. The van der Waals surface area contributed by atoms with Gasteiger partial charge in [0.1, 0.15) is 19.1 Å². The number of hydrogen-bond acceptors (Lipinski definition) is 6. The number of hydrogen-bond donors (Lipinski definition) is 1. The number of piperazine rings is 1. The van der Waals surface area contributed by atoms with Gasteiger partial charge in [-0.05, 0) is 26.7 Å². The third-order valence-corrected chi connectivity index (χ3v) is 3.87. The van der Waals surface area contributed by atoms with Gasteiger partial charge in [0.2, 0.25) is 17.7 Å². The molecule has 3 heterocycles. The maximum Gasteiger partial charge on any atom is 0.246 e. The van der Waals surface area contributed by atoms with Gasteiger partial charge in [0.05, 0.1) is 5.54 Å². The van der Waals surface area contributed by atoms with Crippen LogP contribution in [0.1, 0.15) is 38.4 Å². The highest BCUT2D eigenvalue weighted by atomic mass is 16.5. The molecule has 3 rings (SSSR count). The van der Waals surface area contributed by atoms with Crippen LogP contribution in [-0.2, 0) is 21.7 Å². The number of rotatable bonds is 3. The second-order valence-electron chi connectivity index (χ2n) is 6.17. The van der Waals surface area contributed by atoms with Crippen molar-refractivity contribution >= 4 is 11.8 Å². The Hall–Kier alpha value is -1.96. The fourth-order valence-electron chi connectivity index (χ4n) is 2.74. The normalized spacial score (nSPS) is 22.9. The first-order valence-electron chi connectivity index (χ1n) is 7.06. The summed E-state index contributed by atoms with van der Waals surface area (Å²) < 4.78 is 5.13. The lowest BCUT2D eigenvalue weighted by molar-refractivity contribution is -0.154. The van der Waals surface area contributed by atoms with Crippen LogP contribution in [0.2, 0.25) is 0 Å². The summed E-state index contributed by atoms with van der Waals surface area (Å²) in [5.41, 5.74) is 5.19. The number of nitrogens with zero attached hydrogens (tertiary/aromatic N) is 4. The van der Waals surface area contributed by atoms with Crippen LogP contribution in [0.15, 0.2) is 4.52 Å². The Balaban J connectivity index is 1.74. The quantitative estimate of drug-likeness (QED) is 0.812. The maximum atomic E-state index is 12.4. The molecule has 1 aromatic heterocycles. The van der Waals surface area contributed by atoms with Gasteiger partial charge in [-0.2, -0.15) is 4.98 Å². The van der Waals surface area contributed by atoms with E-state index in [1.807, 2.05) is 0 Å². The Labute approximate surface area is 122 Å². The van der Waals surface area contributed by atoms with Gasteiger partial charge in [0.25, 0.3) is 0 Å². The number of aromatic nitrogens is 2. The second kappa shape index (κ2) is 4.80. The van der Waals surface area contributed by atoms with Crippen LogP contribution in [0.5, 0.6) is 0 Å². The summed E-state index contributed by atoms with van der Waals surface area (Å²) >= 11 is 0. The summed E-state index contributed by atoms with van der Waals surface area (Å²) in [6, 6.07) is -0.320. The fourth-order valence-corrected chi connectivity index (χ4v) is 2.74. The summed E-state index contributed by atoms with van der Waals surface area (Å²) in [6.07, 6.45) is 1.61. The highest BCUT2D eigenvalue weighted by molar-refractivity contribution is 5.95. The first-order chi connectivity index (χ1) is 9.86. The summed E-state index contributed by atoms with van der Waals surface area (Å²) in [7, 11) is 0. The van der Waals surface area contributed by atoms with E-state index < -0.39 is 5.54 Å². The summed E-state index contributed by atoms with van der Waals surface area (Å²) in [6.45, 7) is 4.44. The minimum absolute atomic E-state index is 0.0176. The average Bonchev–Trinajstić information content (AvgIpc) is 3.03. The zero-order chi connectivity index (χ0) is 15.2. The van der Waals surface area contributed by atoms with Crippen molar-refractivity contribution in [2.24, 2.45) is 5.73 Å². The van der Waals surface area contributed by atoms with Crippen molar-refractivity contribution in [3.63, 3.8) is 0 Å². The molecule has 2 fully saturated rings. The molecule has 2 aliphatic heterocycles.